The van der Waals surface area contributed by atoms with E-state index in [2.05, 4.69) is 44.1 Å². The molecule has 2 heteroatoms. The SMILES string of the molecule is CCC.CCc1nn(C)c2ccccc12. The smallest absolute Gasteiger partial charge is 0.0700 e. The molecule has 0 radical (unpaired) electrons. The number of para-hydroxylation sites is 1. The molecule has 0 saturated carbocycles. The lowest BCUT2D eigenvalue weighted by Crippen LogP contribution is -1.90. The summed E-state index contributed by atoms with van der Waals surface area (Å²) in [6.45, 7) is 6.38. The maximum absolute atomic E-state index is 4.42. The molecular weight excluding hydrogens is 184 g/mol. The zero-order chi connectivity index (χ0) is 11.3. The number of fused-ring (bicyclic) bond motifs is 1. The van der Waals surface area contributed by atoms with E-state index in [0.29, 0.717) is 0 Å². The van der Waals surface area contributed by atoms with E-state index in [1.54, 1.807) is 0 Å². The first-order chi connectivity index (χ1) is 7.24. The minimum Gasteiger partial charge on any atom is -0.268 e. The summed E-state index contributed by atoms with van der Waals surface area (Å²) in [6, 6.07) is 8.33. The summed E-state index contributed by atoms with van der Waals surface area (Å²) < 4.78 is 1.94. The van der Waals surface area contributed by atoms with E-state index < -0.39 is 0 Å². The normalized spacial score (nSPS) is 9.87. The number of benzene rings is 1. The first-order valence-corrected chi connectivity index (χ1v) is 5.65. The fraction of sp³-hybridized carbons (Fsp3) is 0.462. The molecule has 1 aromatic carbocycles. The van der Waals surface area contributed by atoms with Crippen molar-refractivity contribution in [1.82, 2.24) is 9.78 Å². The van der Waals surface area contributed by atoms with Gasteiger partial charge in [-0.25, -0.2) is 0 Å². The number of hydrogen-bond donors (Lipinski definition) is 0. The predicted molar refractivity (Wildman–Crippen MR) is 66.1 cm³/mol. The van der Waals surface area contributed by atoms with Crippen LogP contribution in [0.2, 0.25) is 0 Å². The fourth-order valence-electron chi connectivity index (χ4n) is 1.55. The Morgan fingerprint density at radius 2 is 1.73 bits per heavy atom. The maximum atomic E-state index is 4.42. The van der Waals surface area contributed by atoms with Crippen molar-refractivity contribution in [2.24, 2.45) is 7.05 Å². The molecule has 15 heavy (non-hydrogen) atoms. The van der Waals surface area contributed by atoms with E-state index in [9.17, 15) is 0 Å². The first kappa shape index (κ1) is 11.8. The highest BCUT2D eigenvalue weighted by atomic mass is 15.3. The minimum atomic E-state index is 1.00. The molecule has 0 fully saturated rings. The Balaban J connectivity index is 0.000000337. The summed E-state index contributed by atoms with van der Waals surface area (Å²) in [5.41, 5.74) is 2.41. The van der Waals surface area contributed by atoms with Crippen molar-refractivity contribution in [3.63, 3.8) is 0 Å². The van der Waals surface area contributed by atoms with E-state index >= 15 is 0 Å². The molecule has 0 unspecified atom stereocenters. The molecule has 0 atom stereocenters. The molecule has 2 rings (SSSR count). The average molecular weight is 204 g/mol. The van der Waals surface area contributed by atoms with Gasteiger partial charge in [0.1, 0.15) is 0 Å². The van der Waals surface area contributed by atoms with E-state index in [4.69, 9.17) is 0 Å². The Labute approximate surface area is 91.9 Å². The molecular formula is C13H20N2. The van der Waals surface area contributed by atoms with Gasteiger partial charge in [-0.15, -0.1) is 0 Å². The summed E-state index contributed by atoms with van der Waals surface area (Å²) >= 11 is 0. The highest BCUT2D eigenvalue weighted by molar-refractivity contribution is 5.81. The number of aromatic nitrogens is 2. The minimum absolute atomic E-state index is 1.00. The zero-order valence-electron chi connectivity index (χ0n) is 10.1. The van der Waals surface area contributed by atoms with Gasteiger partial charge in [0.15, 0.2) is 0 Å². The molecule has 0 N–H and O–H groups in total. The van der Waals surface area contributed by atoms with E-state index in [0.717, 1.165) is 6.42 Å². The van der Waals surface area contributed by atoms with Gasteiger partial charge in [0.25, 0.3) is 0 Å². The van der Waals surface area contributed by atoms with Crippen LogP contribution in [0.3, 0.4) is 0 Å². The highest BCUT2D eigenvalue weighted by Gasteiger charge is 2.03. The third-order valence-electron chi connectivity index (χ3n) is 2.17. The van der Waals surface area contributed by atoms with Gasteiger partial charge < -0.3 is 0 Å². The number of hydrogen-bond acceptors (Lipinski definition) is 1. The Hall–Kier alpha value is -1.31. The number of aryl methyl sites for hydroxylation is 2. The van der Waals surface area contributed by atoms with Crippen LogP contribution in [0.5, 0.6) is 0 Å². The molecule has 0 amide bonds. The second-order valence-electron chi connectivity index (χ2n) is 3.65. The maximum Gasteiger partial charge on any atom is 0.0700 e. The molecule has 0 aliphatic rings. The van der Waals surface area contributed by atoms with Crippen LogP contribution in [0.15, 0.2) is 24.3 Å². The first-order valence-electron chi connectivity index (χ1n) is 5.65. The lowest BCUT2D eigenvalue weighted by Gasteiger charge is -1.90. The largest absolute Gasteiger partial charge is 0.268 e. The van der Waals surface area contributed by atoms with Gasteiger partial charge in [0.2, 0.25) is 0 Å². The molecule has 0 bridgehead atoms. The van der Waals surface area contributed by atoms with E-state index in [-0.39, 0.29) is 0 Å². The molecule has 2 nitrogen and oxygen atoms in total. The van der Waals surface area contributed by atoms with E-state index in [1.807, 2.05) is 17.8 Å². The van der Waals surface area contributed by atoms with Crippen molar-refractivity contribution < 1.29 is 0 Å². The second kappa shape index (κ2) is 5.54. The van der Waals surface area contributed by atoms with Gasteiger partial charge in [0, 0.05) is 12.4 Å². The third kappa shape index (κ3) is 2.58. The Bertz CT molecular complexity index is 415. The quantitative estimate of drug-likeness (QED) is 0.694. The van der Waals surface area contributed by atoms with Crippen molar-refractivity contribution in [2.45, 2.75) is 33.6 Å². The lowest BCUT2D eigenvalue weighted by molar-refractivity contribution is 0.770. The van der Waals surface area contributed by atoms with Crippen LogP contribution >= 0.6 is 0 Å². The lowest BCUT2D eigenvalue weighted by atomic mass is 10.2. The molecule has 82 valence electrons. The van der Waals surface area contributed by atoms with Crippen molar-refractivity contribution in [3.8, 4) is 0 Å². The van der Waals surface area contributed by atoms with Crippen LogP contribution in [0.25, 0.3) is 10.9 Å². The van der Waals surface area contributed by atoms with Gasteiger partial charge in [-0.3, -0.25) is 4.68 Å². The predicted octanol–water partition coefficient (Wildman–Crippen LogP) is 3.55. The molecule has 2 aromatic rings. The zero-order valence-corrected chi connectivity index (χ0v) is 10.1. The fourth-order valence-corrected chi connectivity index (χ4v) is 1.55. The van der Waals surface area contributed by atoms with Crippen LogP contribution in [0, 0.1) is 0 Å². The number of nitrogens with zero attached hydrogens (tertiary/aromatic N) is 2. The van der Waals surface area contributed by atoms with Crippen molar-refractivity contribution in [2.75, 3.05) is 0 Å². The number of rotatable bonds is 1. The van der Waals surface area contributed by atoms with Crippen LogP contribution in [-0.2, 0) is 13.5 Å². The summed E-state index contributed by atoms with van der Waals surface area (Å²) in [6.07, 6.45) is 2.25. The third-order valence-corrected chi connectivity index (χ3v) is 2.17. The van der Waals surface area contributed by atoms with Gasteiger partial charge in [-0.2, -0.15) is 5.10 Å². The van der Waals surface area contributed by atoms with Crippen molar-refractivity contribution in [1.29, 1.82) is 0 Å². The second-order valence-corrected chi connectivity index (χ2v) is 3.65. The Kier molecular flexibility index (Phi) is 4.35. The summed E-state index contributed by atoms with van der Waals surface area (Å²) in [4.78, 5) is 0. The van der Waals surface area contributed by atoms with Gasteiger partial charge in [0.05, 0.1) is 11.2 Å². The standard InChI is InChI=1S/C10H12N2.C3H8/c1-3-9-8-6-4-5-7-10(8)12(2)11-9;1-3-2/h4-7H,3H2,1-2H3;3H2,1-2H3. The van der Waals surface area contributed by atoms with Crippen LogP contribution < -0.4 is 0 Å². The topological polar surface area (TPSA) is 17.8 Å². The van der Waals surface area contributed by atoms with E-state index in [1.165, 1.54) is 23.0 Å². The molecule has 1 aromatic heterocycles. The Morgan fingerprint density at radius 1 is 1.13 bits per heavy atom. The van der Waals surface area contributed by atoms with Crippen LogP contribution in [-0.4, -0.2) is 9.78 Å². The monoisotopic (exact) mass is 204 g/mol. The van der Waals surface area contributed by atoms with Crippen LogP contribution in [0.1, 0.15) is 32.9 Å². The summed E-state index contributed by atoms with van der Waals surface area (Å²) in [7, 11) is 1.99. The molecule has 0 aliphatic carbocycles. The van der Waals surface area contributed by atoms with Crippen molar-refractivity contribution in [3.05, 3.63) is 30.0 Å². The molecule has 0 spiro atoms. The molecule has 0 saturated heterocycles. The van der Waals surface area contributed by atoms with Gasteiger partial charge >= 0.3 is 0 Å². The highest BCUT2D eigenvalue weighted by Crippen LogP contribution is 2.17. The summed E-state index contributed by atoms with van der Waals surface area (Å²) in [5, 5.41) is 5.70. The van der Waals surface area contributed by atoms with Gasteiger partial charge in [-0.1, -0.05) is 45.4 Å². The van der Waals surface area contributed by atoms with Crippen molar-refractivity contribution >= 4 is 10.9 Å². The van der Waals surface area contributed by atoms with Gasteiger partial charge in [-0.05, 0) is 12.5 Å². The van der Waals surface area contributed by atoms with Crippen LogP contribution in [0.4, 0.5) is 0 Å². The Morgan fingerprint density at radius 3 is 2.33 bits per heavy atom. The average Bonchev–Trinajstić information content (AvgIpc) is 2.58. The summed E-state index contributed by atoms with van der Waals surface area (Å²) in [5.74, 6) is 0. The molecule has 1 heterocycles. The molecule has 0 aliphatic heterocycles.